The molecule has 4 rings (SSSR count). The molecule has 144 valence electrons. The lowest BCUT2D eigenvalue weighted by molar-refractivity contribution is 0.0792. The van der Waals surface area contributed by atoms with Gasteiger partial charge in [-0.25, -0.2) is 4.98 Å². The van der Waals surface area contributed by atoms with Crippen molar-refractivity contribution in [3.63, 3.8) is 0 Å². The normalized spacial score (nSPS) is 13.7. The highest BCUT2D eigenvalue weighted by Gasteiger charge is 2.19. The van der Waals surface area contributed by atoms with Gasteiger partial charge in [-0.3, -0.25) is 4.79 Å². The van der Waals surface area contributed by atoms with Crippen LogP contribution < -0.4 is 10.1 Å². The molecular formula is C23H25N3O2. The molecule has 0 aliphatic carbocycles. The smallest absolute Gasteiger partial charge is 0.254 e. The maximum absolute atomic E-state index is 12.6. The molecule has 0 unspecified atom stereocenters. The fraction of sp³-hybridized carbons (Fsp3) is 0.304. The summed E-state index contributed by atoms with van der Waals surface area (Å²) in [6.45, 7) is 2.41. The summed E-state index contributed by atoms with van der Waals surface area (Å²) in [6, 6.07) is 16.1. The number of carbonyl (C=O) groups is 1. The first-order valence-corrected chi connectivity index (χ1v) is 9.80. The number of amides is 1. The van der Waals surface area contributed by atoms with Crippen molar-refractivity contribution in [1.82, 2.24) is 9.88 Å². The average Bonchev–Trinajstić information content (AvgIpc) is 3.28. The fourth-order valence-electron chi connectivity index (χ4n) is 3.84. The number of rotatable bonds is 6. The minimum absolute atomic E-state index is 0.0960. The van der Waals surface area contributed by atoms with Crippen molar-refractivity contribution in [1.29, 1.82) is 0 Å². The zero-order chi connectivity index (χ0) is 19.3. The van der Waals surface area contributed by atoms with E-state index in [9.17, 15) is 4.79 Å². The molecule has 3 aromatic rings. The lowest BCUT2D eigenvalue weighted by Crippen LogP contribution is -2.27. The molecule has 1 saturated heterocycles. The zero-order valence-corrected chi connectivity index (χ0v) is 16.1. The van der Waals surface area contributed by atoms with Gasteiger partial charge < -0.3 is 15.0 Å². The maximum Gasteiger partial charge on any atom is 0.254 e. The van der Waals surface area contributed by atoms with Gasteiger partial charge in [0.15, 0.2) is 0 Å². The highest BCUT2D eigenvalue weighted by molar-refractivity contribution is 5.95. The Bertz CT molecular complexity index is 980. The molecule has 0 bridgehead atoms. The second kappa shape index (κ2) is 8.30. The first-order valence-electron chi connectivity index (χ1n) is 9.80. The summed E-state index contributed by atoms with van der Waals surface area (Å²) in [7, 11) is 1.70. The van der Waals surface area contributed by atoms with Gasteiger partial charge in [0.2, 0.25) is 0 Å². The van der Waals surface area contributed by atoms with Crippen LogP contribution in [0.1, 0.15) is 28.8 Å². The van der Waals surface area contributed by atoms with E-state index in [0.29, 0.717) is 12.1 Å². The van der Waals surface area contributed by atoms with E-state index in [2.05, 4.69) is 28.5 Å². The predicted octanol–water partition coefficient (Wildman–Crippen LogP) is 4.13. The van der Waals surface area contributed by atoms with Gasteiger partial charge in [0.1, 0.15) is 11.6 Å². The van der Waals surface area contributed by atoms with Crippen LogP contribution in [0, 0.1) is 0 Å². The van der Waals surface area contributed by atoms with Crippen LogP contribution in [0.5, 0.6) is 5.75 Å². The molecule has 0 saturated carbocycles. The van der Waals surface area contributed by atoms with E-state index in [-0.39, 0.29) is 5.91 Å². The Morgan fingerprint density at radius 3 is 2.79 bits per heavy atom. The number of ether oxygens (including phenoxy) is 1. The molecule has 0 radical (unpaired) electrons. The van der Waals surface area contributed by atoms with Crippen LogP contribution in [0.4, 0.5) is 5.82 Å². The number of benzene rings is 2. The van der Waals surface area contributed by atoms with E-state index in [1.807, 2.05) is 29.2 Å². The number of nitrogens with one attached hydrogen (secondary N) is 1. The number of likely N-dealkylation sites (tertiary alicyclic amines) is 1. The largest absolute Gasteiger partial charge is 0.496 e. The van der Waals surface area contributed by atoms with Gasteiger partial charge in [0, 0.05) is 37.0 Å². The molecule has 5 heteroatoms. The summed E-state index contributed by atoms with van der Waals surface area (Å²) in [6.07, 6.45) is 4.68. The van der Waals surface area contributed by atoms with Crippen molar-refractivity contribution >= 4 is 22.5 Å². The zero-order valence-electron chi connectivity index (χ0n) is 16.1. The third kappa shape index (κ3) is 3.79. The summed E-state index contributed by atoms with van der Waals surface area (Å²) < 4.78 is 5.57. The van der Waals surface area contributed by atoms with E-state index < -0.39 is 0 Å². The average molecular weight is 375 g/mol. The van der Waals surface area contributed by atoms with Gasteiger partial charge >= 0.3 is 0 Å². The second-order valence-electron chi connectivity index (χ2n) is 7.07. The van der Waals surface area contributed by atoms with Crippen molar-refractivity contribution in [2.24, 2.45) is 0 Å². The Balaban J connectivity index is 1.46. The summed E-state index contributed by atoms with van der Waals surface area (Å²) >= 11 is 0. The molecule has 1 aromatic heterocycles. The van der Waals surface area contributed by atoms with Crippen LogP contribution in [0.3, 0.4) is 0 Å². The van der Waals surface area contributed by atoms with E-state index in [4.69, 9.17) is 4.74 Å². The van der Waals surface area contributed by atoms with Crippen LogP contribution in [0.15, 0.2) is 54.7 Å². The van der Waals surface area contributed by atoms with Gasteiger partial charge in [-0.05, 0) is 48.2 Å². The summed E-state index contributed by atoms with van der Waals surface area (Å²) in [5.74, 6) is 1.72. The van der Waals surface area contributed by atoms with Crippen LogP contribution in [0.2, 0.25) is 0 Å². The van der Waals surface area contributed by atoms with Gasteiger partial charge in [0.25, 0.3) is 5.91 Å². The number of carbonyl (C=O) groups excluding carboxylic acids is 1. The lowest BCUT2D eigenvalue weighted by Gasteiger charge is -2.16. The topological polar surface area (TPSA) is 54.5 Å². The standard InChI is InChI=1S/C23H25N3O2/c1-28-21-9-8-17-6-2-3-7-19(17)20(21)11-13-25-22-16-18(10-12-24-22)23(27)26-14-4-5-15-26/h2-3,6-10,12,16H,4-5,11,13-15H2,1H3,(H,24,25). The molecule has 5 nitrogen and oxygen atoms in total. The highest BCUT2D eigenvalue weighted by Crippen LogP contribution is 2.28. The molecule has 2 heterocycles. The molecular weight excluding hydrogens is 350 g/mol. The second-order valence-corrected chi connectivity index (χ2v) is 7.07. The third-order valence-electron chi connectivity index (χ3n) is 5.30. The van der Waals surface area contributed by atoms with Crippen molar-refractivity contribution < 1.29 is 9.53 Å². The van der Waals surface area contributed by atoms with E-state index in [1.165, 1.54) is 16.3 Å². The summed E-state index contributed by atoms with van der Waals surface area (Å²) in [4.78, 5) is 18.9. The van der Waals surface area contributed by atoms with Crippen LogP contribution >= 0.6 is 0 Å². The van der Waals surface area contributed by atoms with Gasteiger partial charge in [-0.15, -0.1) is 0 Å². The molecule has 1 aliphatic rings. The SMILES string of the molecule is COc1ccc2ccccc2c1CCNc1cc(C(=O)N2CCCC2)ccn1. The maximum atomic E-state index is 12.6. The van der Waals surface area contributed by atoms with Crippen LogP contribution in [-0.4, -0.2) is 42.5 Å². The monoisotopic (exact) mass is 375 g/mol. The van der Waals surface area contributed by atoms with Crippen LogP contribution in [0.25, 0.3) is 10.8 Å². The number of hydrogen-bond acceptors (Lipinski definition) is 4. The molecule has 1 N–H and O–H groups in total. The number of anilines is 1. The lowest BCUT2D eigenvalue weighted by atomic mass is 10.0. The Labute approximate surface area is 165 Å². The van der Waals surface area contributed by atoms with E-state index in [0.717, 1.165) is 43.9 Å². The number of methoxy groups -OCH3 is 1. The Hall–Kier alpha value is -3.08. The molecule has 1 aliphatic heterocycles. The molecule has 1 amide bonds. The minimum atomic E-state index is 0.0960. The Kier molecular flexibility index (Phi) is 5.42. The van der Waals surface area contributed by atoms with Crippen molar-refractivity contribution in [3.8, 4) is 5.75 Å². The van der Waals surface area contributed by atoms with Gasteiger partial charge in [-0.2, -0.15) is 0 Å². The molecule has 0 atom stereocenters. The van der Waals surface area contributed by atoms with Crippen molar-refractivity contribution in [2.75, 3.05) is 32.1 Å². The van der Waals surface area contributed by atoms with Crippen LogP contribution in [-0.2, 0) is 6.42 Å². The van der Waals surface area contributed by atoms with E-state index >= 15 is 0 Å². The minimum Gasteiger partial charge on any atom is -0.496 e. The number of fused-ring (bicyclic) bond motifs is 1. The molecule has 28 heavy (non-hydrogen) atoms. The summed E-state index contributed by atoms with van der Waals surface area (Å²) in [5, 5.41) is 5.76. The molecule has 0 spiro atoms. The first kappa shape index (κ1) is 18.3. The number of pyridine rings is 1. The third-order valence-corrected chi connectivity index (χ3v) is 5.30. The Morgan fingerprint density at radius 1 is 1.14 bits per heavy atom. The van der Waals surface area contributed by atoms with Crippen molar-refractivity contribution in [2.45, 2.75) is 19.3 Å². The highest BCUT2D eigenvalue weighted by atomic mass is 16.5. The quantitative estimate of drug-likeness (QED) is 0.704. The fourth-order valence-corrected chi connectivity index (χ4v) is 3.84. The van der Waals surface area contributed by atoms with Crippen molar-refractivity contribution in [3.05, 3.63) is 65.9 Å². The summed E-state index contributed by atoms with van der Waals surface area (Å²) in [5.41, 5.74) is 1.87. The molecule has 1 fully saturated rings. The van der Waals surface area contributed by atoms with Gasteiger partial charge in [-0.1, -0.05) is 30.3 Å². The van der Waals surface area contributed by atoms with Gasteiger partial charge in [0.05, 0.1) is 7.11 Å². The number of hydrogen-bond donors (Lipinski definition) is 1. The number of nitrogens with zero attached hydrogens (tertiary/aromatic N) is 2. The van der Waals surface area contributed by atoms with E-state index in [1.54, 1.807) is 19.4 Å². The molecule has 2 aromatic carbocycles. The Morgan fingerprint density at radius 2 is 1.96 bits per heavy atom. The predicted molar refractivity (Wildman–Crippen MR) is 112 cm³/mol. The first-order chi connectivity index (χ1) is 13.8. The number of aromatic nitrogens is 1.